The standard InChI is InChI=1S/C11H18N2/c1-11(13-3,9-12-2)10-7-5-4-6-8-10/h4-8,12-13H,9H2,1-3H3. The average Bonchev–Trinajstić information content (AvgIpc) is 2.19. The first-order valence-electron chi connectivity index (χ1n) is 4.62. The Bertz CT molecular complexity index is 246. The van der Waals surface area contributed by atoms with Crippen molar-refractivity contribution in [1.82, 2.24) is 10.6 Å². The summed E-state index contributed by atoms with van der Waals surface area (Å²) in [5, 5.41) is 6.53. The molecule has 2 nitrogen and oxygen atoms in total. The second kappa shape index (κ2) is 4.40. The molecule has 0 aromatic heterocycles. The smallest absolute Gasteiger partial charge is 0.0529 e. The molecule has 0 aliphatic rings. The molecule has 13 heavy (non-hydrogen) atoms. The van der Waals surface area contributed by atoms with Crippen molar-refractivity contribution in [3.05, 3.63) is 35.9 Å². The Kier molecular flexibility index (Phi) is 3.46. The zero-order valence-electron chi connectivity index (χ0n) is 8.59. The van der Waals surface area contributed by atoms with Gasteiger partial charge in [0.15, 0.2) is 0 Å². The Labute approximate surface area is 80.4 Å². The molecular weight excluding hydrogens is 160 g/mol. The molecule has 0 bridgehead atoms. The van der Waals surface area contributed by atoms with Crippen LogP contribution < -0.4 is 10.6 Å². The number of benzene rings is 1. The summed E-state index contributed by atoms with van der Waals surface area (Å²) in [7, 11) is 3.96. The molecule has 1 aromatic rings. The summed E-state index contributed by atoms with van der Waals surface area (Å²) in [6.45, 7) is 3.12. The van der Waals surface area contributed by atoms with Crippen LogP contribution in [0.5, 0.6) is 0 Å². The Morgan fingerprint density at radius 3 is 2.23 bits per heavy atom. The van der Waals surface area contributed by atoms with E-state index >= 15 is 0 Å². The molecule has 0 amide bonds. The lowest BCUT2D eigenvalue weighted by atomic mass is 9.92. The third-order valence-corrected chi connectivity index (χ3v) is 2.49. The lowest BCUT2D eigenvalue weighted by Crippen LogP contribution is -2.44. The second-order valence-electron chi connectivity index (χ2n) is 3.48. The van der Waals surface area contributed by atoms with E-state index in [0.717, 1.165) is 6.54 Å². The molecule has 1 rings (SSSR count). The topological polar surface area (TPSA) is 24.1 Å². The summed E-state index contributed by atoms with van der Waals surface area (Å²) < 4.78 is 0. The van der Waals surface area contributed by atoms with Crippen molar-refractivity contribution in [1.29, 1.82) is 0 Å². The molecule has 2 heteroatoms. The van der Waals surface area contributed by atoms with Crippen molar-refractivity contribution in [3.63, 3.8) is 0 Å². The maximum atomic E-state index is 3.33. The summed E-state index contributed by atoms with van der Waals surface area (Å²) in [5.74, 6) is 0. The van der Waals surface area contributed by atoms with Crippen LogP contribution in [0, 0.1) is 0 Å². The Morgan fingerprint density at radius 2 is 1.77 bits per heavy atom. The summed E-state index contributed by atoms with van der Waals surface area (Å²) in [4.78, 5) is 0. The largest absolute Gasteiger partial charge is 0.318 e. The Morgan fingerprint density at radius 1 is 1.15 bits per heavy atom. The molecule has 72 valence electrons. The van der Waals surface area contributed by atoms with Gasteiger partial charge in [0, 0.05) is 6.54 Å². The van der Waals surface area contributed by atoms with E-state index in [0.29, 0.717) is 0 Å². The SMILES string of the molecule is CNCC(C)(NC)c1ccccc1. The van der Waals surface area contributed by atoms with Crippen molar-refractivity contribution in [3.8, 4) is 0 Å². The quantitative estimate of drug-likeness (QED) is 0.727. The van der Waals surface area contributed by atoms with E-state index in [4.69, 9.17) is 0 Å². The number of hydrogen-bond acceptors (Lipinski definition) is 2. The molecule has 0 heterocycles. The maximum Gasteiger partial charge on any atom is 0.0529 e. The van der Waals surface area contributed by atoms with Crippen LogP contribution in [0.1, 0.15) is 12.5 Å². The third kappa shape index (κ3) is 2.29. The van der Waals surface area contributed by atoms with Gasteiger partial charge in [-0.2, -0.15) is 0 Å². The molecule has 1 unspecified atom stereocenters. The van der Waals surface area contributed by atoms with Crippen LogP contribution in [-0.4, -0.2) is 20.6 Å². The summed E-state index contributed by atoms with van der Waals surface area (Å²) in [5.41, 5.74) is 1.34. The second-order valence-corrected chi connectivity index (χ2v) is 3.48. The first-order valence-corrected chi connectivity index (χ1v) is 4.62. The van der Waals surface area contributed by atoms with Crippen LogP contribution in [-0.2, 0) is 5.54 Å². The molecule has 1 aromatic carbocycles. The van der Waals surface area contributed by atoms with Gasteiger partial charge in [-0.05, 0) is 26.6 Å². The van der Waals surface area contributed by atoms with Gasteiger partial charge in [-0.25, -0.2) is 0 Å². The average molecular weight is 178 g/mol. The molecule has 0 saturated carbocycles. The molecular formula is C11H18N2. The monoisotopic (exact) mass is 178 g/mol. The highest BCUT2D eigenvalue weighted by Gasteiger charge is 2.22. The first-order chi connectivity index (χ1) is 6.23. The minimum Gasteiger partial charge on any atom is -0.318 e. The zero-order valence-corrected chi connectivity index (χ0v) is 8.59. The molecule has 2 N–H and O–H groups in total. The minimum absolute atomic E-state index is 0.0238. The molecule has 0 saturated heterocycles. The van der Waals surface area contributed by atoms with Crippen LogP contribution in [0.2, 0.25) is 0 Å². The zero-order chi connectivity index (χ0) is 9.73. The van der Waals surface area contributed by atoms with Crippen molar-refractivity contribution >= 4 is 0 Å². The molecule has 0 radical (unpaired) electrons. The van der Waals surface area contributed by atoms with Gasteiger partial charge < -0.3 is 10.6 Å². The van der Waals surface area contributed by atoms with Gasteiger partial charge in [0.1, 0.15) is 0 Å². The van der Waals surface area contributed by atoms with E-state index in [-0.39, 0.29) is 5.54 Å². The van der Waals surface area contributed by atoms with Gasteiger partial charge >= 0.3 is 0 Å². The van der Waals surface area contributed by atoms with E-state index in [1.165, 1.54) is 5.56 Å². The van der Waals surface area contributed by atoms with Crippen LogP contribution in [0.3, 0.4) is 0 Å². The fraction of sp³-hybridized carbons (Fsp3) is 0.455. The van der Waals surface area contributed by atoms with E-state index in [1.807, 2.05) is 20.2 Å². The van der Waals surface area contributed by atoms with Crippen molar-refractivity contribution < 1.29 is 0 Å². The third-order valence-electron chi connectivity index (χ3n) is 2.49. The summed E-state index contributed by atoms with van der Waals surface area (Å²) >= 11 is 0. The van der Waals surface area contributed by atoms with E-state index in [1.54, 1.807) is 0 Å². The van der Waals surface area contributed by atoms with Crippen molar-refractivity contribution in [2.24, 2.45) is 0 Å². The normalized spacial score (nSPS) is 15.3. The highest BCUT2D eigenvalue weighted by Crippen LogP contribution is 2.18. The van der Waals surface area contributed by atoms with Crippen LogP contribution >= 0.6 is 0 Å². The maximum absolute atomic E-state index is 3.33. The first kappa shape index (κ1) is 10.2. The Hall–Kier alpha value is -0.860. The number of rotatable bonds is 4. The molecule has 1 atom stereocenters. The molecule has 0 aliphatic heterocycles. The van der Waals surface area contributed by atoms with Gasteiger partial charge in [-0.3, -0.25) is 0 Å². The molecule has 0 fully saturated rings. The number of nitrogens with one attached hydrogen (secondary N) is 2. The fourth-order valence-corrected chi connectivity index (χ4v) is 1.49. The van der Waals surface area contributed by atoms with Gasteiger partial charge in [0.05, 0.1) is 5.54 Å². The van der Waals surface area contributed by atoms with Gasteiger partial charge in [-0.1, -0.05) is 30.3 Å². The van der Waals surface area contributed by atoms with E-state index < -0.39 is 0 Å². The highest BCUT2D eigenvalue weighted by atomic mass is 15.0. The van der Waals surface area contributed by atoms with Crippen LogP contribution in [0.4, 0.5) is 0 Å². The van der Waals surface area contributed by atoms with Gasteiger partial charge in [0.2, 0.25) is 0 Å². The summed E-state index contributed by atoms with van der Waals surface area (Å²) in [6, 6.07) is 10.5. The van der Waals surface area contributed by atoms with Gasteiger partial charge in [-0.15, -0.1) is 0 Å². The van der Waals surface area contributed by atoms with E-state index in [2.05, 4.69) is 41.8 Å². The van der Waals surface area contributed by atoms with Crippen molar-refractivity contribution in [2.45, 2.75) is 12.5 Å². The van der Waals surface area contributed by atoms with Crippen LogP contribution in [0.25, 0.3) is 0 Å². The highest BCUT2D eigenvalue weighted by molar-refractivity contribution is 5.23. The van der Waals surface area contributed by atoms with Crippen LogP contribution in [0.15, 0.2) is 30.3 Å². The lowest BCUT2D eigenvalue weighted by Gasteiger charge is -2.29. The van der Waals surface area contributed by atoms with Gasteiger partial charge in [0.25, 0.3) is 0 Å². The summed E-state index contributed by atoms with van der Waals surface area (Å²) in [6.07, 6.45) is 0. The van der Waals surface area contributed by atoms with E-state index in [9.17, 15) is 0 Å². The molecule has 0 spiro atoms. The predicted molar refractivity (Wildman–Crippen MR) is 56.8 cm³/mol. The predicted octanol–water partition coefficient (Wildman–Crippen LogP) is 1.34. The minimum atomic E-state index is 0.0238. The van der Waals surface area contributed by atoms with Crippen molar-refractivity contribution in [2.75, 3.05) is 20.6 Å². The Balaban J connectivity index is 2.89. The molecule has 0 aliphatic carbocycles. The number of likely N-dealkylation sites (N-methyl/N-ethyl adjacent to an activating group) is 2. The fourth-order valence-electron chi connectivity index (χ4n) is 1.49. The lowest BCUT2D eigenvalue weighted by molar-refractivity contribution is 0.384. The number of hydrogen-bond donors (Lipinski definition) is 2.